The van der Waals surface area contributed by atoms with Crippen LogP contribution < -0.4 is 0 Å². The van der Waals surface area contributed by atoms with Gasteiger partial charge in [-0.3, -0.25) is 4.90 Å². The van der Waals surface area contributed by atoms with E-state index in [0.29, 0.717) is 12.0 Å². The minimum absolute atomic E-state index is 0.0382. The minimum Gasteiger partial charge on any atom is -0.393 e. The maximum atomic E-state index is 10.3. The fraction of sp³-hybridized carbons (Fsp3) is 1.00. The molecule has 1 saturated carbocycles. The Morgan fingerprint density at radius 3 is 2.50 bits per heavy atom. The Morgan fingerprint density at radius 1 is 1.06 bits per heavy atom. The maximum absolute atomic E-state index is 10.3. The van der Waals surface area contributed by atoms with Gasteiger partial charge in [0.05, 0.1) is 6.10 Å². The predicted octanol–water partition coefficient (Wildman–Crippen LogP) is 1.95. The normalized spacial score (nSPS) is 35.0. The van der Waals surface area contributed by atoms with E-state index in [9.17, 15) is 5.11 Å². The first-order valence-corrected chi connectivity index (χ1v) is 7.75. The molecule has 1 saturated heterocycles. The van der Waals surface area contributed by atoms with Crippen molar-refractivity contribution in [3.8, 4) is 0 Å². The smallest absolute Gasteiger partial charge is 0.0583 e. The van der Waals surface area contributed by atoms with E-state index in [1.807, 2.05) is 0 Å². The van der Waals surface area contributed by atoms with Crippen LogP contribution in [-0.4, -0.2) is 60.8 Å². The monoisotopic (exact) mass is 254 g/mol. The molecule has 1 N–H and O–H groups in total. The van der Waals surface area contributed by atoms with Crippen molar-refractivity contribution in [3.05, 3.63) is 0 Å². The van der Waals surface area contributed by atoms with Gasteiger partial charge in [0.15, 0.2) is 0 Å². The van der Waals surface area contributed by atoms with Crippen molar-refractivity contribution in [1.82, 2.24) is 9.80 Å². The fourth-order valence-electron chi connectivity index (χ4n) is 3.70. The quantitative estimate of drug-likeness (QED) is 0.831. The topological polar surface area (TPSA) is 26.7 Å². The molecule has 2 aliphatic rings. The van der Waals surface area contributed by atoms with Gasteiger partial charge in [-0.2, -0.15) is 0 Å². The van der Waals surface area contributed by atoms with E-state index in [0.717, 1.165) is 13.0 Å². The Labute approximate surface area is 112 Å². The van der Waals surface area contributed by atoms with Crippen LogP contribution >= 0.6 is 0 Å². The van der Waals surface area contributed by atoms with Crippen LogP contribution in [-0.2, 0) is 0 Å². The van der Waals surface area contributed by atoms with E-state index < -0.39 is 0 Å². The molecule has 0 radical (unpaired) electrons. The summed E-state index contributed by atoms with van der Waals surface area (Å²) in [6.07, 6.45) is 8.77. The third kappa shape index (κ3) is 3.69. The second-order valence-corrected chi connectivity index (χ2v) is 6.42. The molecule has 0 spiro atoms. The second kappa shape index (κ2) is 6.88. The van der Waals surface area contributed by atoms with E-state index in [-0.39, 0.29) is 6.10 Å². The van der Waals surface area contributed by atoms with Crippen molar-refractivity contribution in [2.75, 3.05) is 33.7 Å². The summed E-state index contributed by atoms with van der Waals surface area (Å²) in [5.74, 6) is 0.543. The molecule has 3 unspecified atom stereocenters. The highest BCUT2D eigenvalue weighted by Crippen LogP contribution is 2.33. The van der Waals surface area contributed by atoms with Crippen LogP contribution in [0.25, 0.3) is 0 Å². The molecule has 0 aromatic carbocycles. The first-order valence-electron chi connectivity index (χ1n) is 7.75. The zero-order valence-electron chi connectivity index (χ0n) is 12.1. The third-order valence-corrected chi connectivity index (χ3v) is 4.77. The van der Waals surface area contributed by atoms with Crippen LogP contribution in [0.5, 0.6) is 0 Å². The van der Waals surface area contributed by atoms with Crippen LogP contribution in [0.4, 0.5) is 0 Å². The maximum Gasteiger partial charge on any atom is 0.0583 e. The lowest BCUT2D eigenvalue weighted by Gasteiger charge is -2.44. The number of likely N-dealkylation sites (tertiary alicyclic amines) is 1. The van der Waals surface area contributed by atoms with E-state index >= 15 is 0 Å². The average molecular weight is 254 g/mol. The van der Waals surface area contributed by atoms with Crippen LogP contribution in [0.15, 0.2) is 0 Å². The Balaban J connectivity index is 1.93. The summed E-state index contributed by atoms with van der Waals surface area (Å²) < 4.78 is 0. The summed E-state index contributed by atoms with van der Waals surface area (Å²) in [7, 11) is 4.29. The highest BCUT2D eigenvalue weighted by atomic mass is 16.3. The number of aliphatic hydroxyl groups is 1. The van der Waals surface area contributed by atoms with Gasteiger partial charge in [-0.1, -0.05) is 19.3 Å². The van der Waals surface area contributed by atoms with E-state index in [1.165, 1.54) is 51.6 Å². The largest absolute Gasteiger partial charge is 0.393 e. The van der Waals surface area contributed by atoms with Gasteiger partial charge in [-0.05, 0) is 46.3 Å². The average Bonchev–Trinajstić information content (AvgIpc) is 2.37. The lowest BCUT2D eigenvalue weighted by Crippen LogP contribution is -2.50. The number of nitrogens with zero attached hydrogens (tertiary/aromatic N) is 2. The van der Waals surface area contributed by atoms with Gasteiger partial charge in [0, 0.05) is 25.0 Å². The minimum atomic E-state index is -0.0382. The number of aliphatic hydroxyl groups excluding tert-OH is 1. The molecule has 18 heavy (non-hydrogen) atoms. The molecule has 0 bridgehead atoms. The lowest BCUT2D eigenvalue weighted by atomic mass is 9.78. The highest BCUT2D eigenvalue weighted by Gasteiger charge is 2.35. The van der Waals surface area contributed by atoms with Crippen molar-refractivity contribution in [2.45, 2.75) is 57.1 Å². The van der Waals surface area contributed by atoms with Gasteiger partial charge in [0.1, 0.15) is 0 Å². The molecule has 3 heteroatoms. The molecule has 1 heterocycles. The summed E-state index contributed by atoms with van der Waals surface area (Å²) >= 11 is 0. The molecule has 1 aliphatic carbocycles. The molecular weight excluding hydrogens is 224 g/mol. The van der Waals surface area contributed by atoms with Crippen molar-refractivity contribution < 1.29 is 5.11 Å². The summed E-state index contributed by atoms with van der Waals surface area (Å²) in [4.78, 5) is 4.92. The SMILES string of the molecule is CN(C)CCN1CCCCC1C1CCCCC1O. The van der Waals surface area contributed by atoms with Crippen molar-refractivity contribution in [1.29, 1.82) is 0 Å². The van der Waals surface area contributed by atoms with Gasteiger partial charge in [-0.15, -0.1) is 0 Å². The van der Waals surface area contributed by atoms with Crippen LogP contribution in [0, 0.1) is 5.92 Å². The number of hydrogen-bond acceptors (Lipinski definition) is 3. The first-order chi connectivity index (χ1) is 8.68. The number of rotatable bonds is 4. The standard InChI is InChI=1S/C15H30N2O/c1-16(2)11-12-17-10-6-5-8-14(17)13-7-3-4-9-15(13)18/h13-15,18H,3-12H2,1-2H3. The molecule has 1 aliphatic heterocycles. The predicted molar refractivity (Wildman–Crippen MR) is 75.7 cm³/mol. The van der Waals surface area contributed by atoms with Crippen LogP contribution in [0.3, 0.4) is 0 Å². The number of hydrogen-bond donors (Lipinski definition) is 1. The Hall–Kier alpha value is -0.120. The molecule has 2 fully saturated rings. The summed E-state index contributed by atoms with van der Waals surface area (Å²) in [6, 6.07) is 0.647. The van der Waals surface area contributed by atoms with E-state index in [4.69, 9.17) is 0 Å². The molecule has 0 amide bonds. The van der Waals surface area contributed by atoms with Gasteiger partial charge < -0.3 is 10.0 Å². The van der Waals surface area contributed by atoms with Crippen molar-refractivity contribution in [3.63, 3.8) is 0 Å². The molecule has 2 rings (SSSR count). The summed E-state index contributed by atoms with van der Waals surface area (Å²) in [5.41, 5.74) is 0. The Kier molecular flexibility index (Phi) is 5.46. The Morgan fingerprint density at radius 2 is 1.78 bits per heavy atom. The Bertz CT molecular complexity index is 245. The zero-order valence-corrected chi connectivity index (χ0v) is 12.1. The zero-order chi connectivity index (χ0) is 13.0. The molecular formula is C15H30N2O. The van der Waals surface area contributed by atoms with Gasteiger partial charge in [0.2, 0.25) is 0 Å². The van der Waals surface area contributed by atoms with Crippen molar-refractivity contribution >= 4 is 0 Å². The fourth-order valence-corrected chi connectivity index (χ4v) is 3.70. The third-order valence-electron chi connectivity index (χ3n) is 4.77. The van der Waals surface area contributed by atoms with Gasteiger partial charge in [-0.25, -0.2) is 0 Å². The summed E-state index contributed by atoms with van der Waals surface area (Å²) in [6.45, 7) is 3.54. The molecule has 3 atom stereocenters. The number of likely N-dealkylation sites (N-methyl/N-ethyl adjacent to an activating group) is 1. The number of piperidine rings is 1. The van der Waals surface area contributed by atoms with Gasteiger partial charge >= 0.3 is 0 Å². The van der Waals surface area contributed by atoms with Gasteiger partial charge in [0.25, 0.3) is 0 Å². The van der Waals surface area contributed by atoms with Crippen LogP contribution in [0.1, 0.15) is 44.9 Å². The van der Waals surface area contributed by atoms with E-state index in [2.05, 4.69) is 23.9 Å². The van der Waals surface area contributed by atoms with E-state index in [1.54, 1.807) is 0 Å². The lowest BCUT2D eigenvalue weighted by molar-refractivity contribution is -0.00703. The molecule has 106 valence electrons. The first kappa shape index (κ1) is 14.3. The van der Waals surface area contributed by atoms with Crippen LogP contribution in [0.2, 0.25) is 0 Å². The van der Waals surface area contributed by atoms with Crippen molar-refractivity contribution in [2.24, 2.45) is 5.92 Å². The second-order valence-electron chi connectivity index (χ2n) is 6.42. The molecule has 3 nitrogen and oxygen atoms in total. The molecule has 0 aromatic heterocycles. The highest BCUT2D eigenvalue weighted by molar-refractivity contribution is 4.89. The summed E-state index contributed by atoms with van der Waals surface area (Å²) in [5, 5.41) is 10.3. The molecule has 0 aromatic rings.